The average molecular weight is 216 g/mol. The third-order valence-corrected chi connectivity index (χ3v) is 2.77. The minimum Gasteiger partial charge on any atom is -0.388 e. The van der Waals surface area contributed by atoms with Crippen molar-refractivity contribution in [1.82, 2.24) is 0 Å². The summed E-state index contributed by atoms with van der Waals surface area (Å²) in [5.74, 6) is 0.0843. The fourth-order valence-electron chi connectivity index (χ4n) is 1.65. The van der Waals surface area contributed by atoms with Crippen molar-refractivity contribution < 1.29 is 5.11 Å². The highest BCUT2D eigenvalue weighted by atomic mass is 16.3. The molecule has 0 fully saturated rings. The Morgan fingerprint density at radius 1 is 1.44 bits per heavy atom. The van der Waals surface area contributed by atoms with Crippen LogP contribution in [0.25, 0.3) is 6.08 Å². The first-order chi connectivity index (χ1) is 7.54. The molecule has 1 aromatic carbocycles. The average Bonchev–Trinajstić information content (AvgIpc) is 2.27. The maximum atomic E-state index is 9.98. The van der Waals surface area contributed by atoms with Crippen molar-refractivity contribution >= 4 is 6.08 Å². The number of hydrogen-bond donors (Lipinski definition) is 1. The molecule has 0 amide bonds. The molecule has 1 N–H and O–H groups in total. The largest absolute Gasteiger partial charge is 0.388 e. The fraction of sp³-hybridized carbons (Fsp3) is 0.333. The summed E-state index contributed by atoms with van der Waals surface area (Å²) >= 11 is 0. The van der Waals surface area contributed by atoms with E-state index in [4.69, 9.17) is 0 Å². The lowest BCUT2D eigenvalue weighted by molar-refractivity contribution is 0.174. The van der Waals surface area contributed by atoms with Gasteiger partial charge in [0.1, 0.15) is 0 Å². The molecule has 1 heteroatoms. The summed E-state index contributed by atoms with van der Waals surface area (Å²) in [6.45, 7) is 9.68. The van der Waals surface area contributed by atoms with Crippen molar-refractivity contribution in [1.29, 1.82) is 0 Å². The standard InChI is InChI=1S/C15H20O/c1-5-12(3)15(16)13(4)10-14-8-6-7-11(2)9-14/h5-10,12,15-16H,1H2,2-4H3/b13-10+/t12-,15+/m1/s1. The van der Waals surface area contributed by atoms with Crippen LogP contribution in [0.4, 0.5) is 0 Å². The van der Waals surface area contributed by atoms with Gasteiger partial charge in [0, 0.05) is 5.92 Å². The van der Waals surface area contributed by atoms with Crippen molar-refractivity contribution in [3.8, 4) is 0 Å². The van der Waals surface area contributed by atoms with E-state index in [2.05, 4.69) is 25.6 Å². The zero-order chi connectivity index (χ0) is 12.1. The van der Waals surface area contributed by atoms with Crippen LogP contribution in [0.2, 0.25) is 0 Å². The summed E-state index contributed by atoms with van der Waals surface area (Å²) in [7, 11) is 0. The van der Waals surface area contributed by atoms with Gasteiger partial charge < -0.3 is 5.11 Å². The topological polar surface area (TPSA) is 20.2 Å². The van der Waals surface area contributed by atoms with Gasteiger partial charge in [-0.15, -0.1) is 6.58 Å². The normalized spacial score (nSPS) is 15.6. The lowest BCUT2D eigenvalue weighted by Crippen LogP contribution is -2.16. The van der Waals surface area contributed by atoms with Gasteiger partial charge in [0.2, 0.25) is 0 Å². The van der Waals surface area contributed by atoms with Crippen LogP contribution in [0.3, 0.4) is 0 Å². The number of rotatable bonds is 4. The predicted molar refractivity (Wildman–Crippen MR) is 70.2 cm³/mol. The highest BCUT2D eigenvalue weighted by Gasteiger charge is 2.12. The van der Waals surface area contributed by atoms with Crippen LogP contribution in [0.5, 0.6) is 0 Å². The maximum Gasteiger partial charge on any atom is 0.0810 e. The summed E-state index contributed by atoms with van der Waals surface area (Å²) in [4.78, 5) is 0. The van der Waals surface area contributed by atoms with Gasteiger partial charge in [0.05, 0.1) is 6.10 Å². The first-order valence-corrected chi connectivity index (χ1v) is 5.60. The zero-order valence-corrected chi connectivity index (χ0v) is 10.3. The van der Waals surface area contributed by atoms with Crippen LogP contribution in [0.15, 0.2) is 42.5 Å². The Labute approximate surface area is 98.1 Å². The quantitative estimate of drug-likeness (QED) is 0.763. The maximum absolute atomic E-state index is 9.98. The van der Waals surface area contributed by atoms with Crippen LogP contribution < -0.4 is 0 Å². The summed E-state index contributed by atoms with van der Waals surface area (Å²) in [6, 6.07) is 8.24. The Balaban J connectivity index is 2.88. The Morgan fingerprint density at radius 3 is 2.69 bits per heavy atom. The molecule has 1 aromatic rings. The Hall–Kier alpha value is -1.34. The molecule has 0 aliphatic carbocycles. The van der Waals surface area contributed by atoms with E-state index < -0.39 is 6.10 Å². The van der Waals surface area contributed by atoms with Gasteiger partial charge in [-0.25, -0.2) is 0 Å². The number of aliphatic hydroxyl groups excluding tert-OH is 1. The number of hydrogen-bond acceptors (Lipinski definition) is 1. The second-order valence-electron chi connectivity index (χ2n) is 4.34. The van der Waals surface area contributed by atoms with E-state index in [1.807, 2.05) is 32.1 Å². The van der Waals surface area contributed by atoms with Crippen LogP contribution in [-0.4, -0.2) is 11.2 Å². The minimum atomic E-state index is -0.446. The molecule has 0 unspecified atom stereocenters. The van der Waals surface area contributed by atoms with E-state index >= 15 is 0 Å². The van der Waals surface area contributed by atoms with E-state index in [1.165, 1.54) is 5.56 Å². The summed E-state index contributed by atoms with van der Waals surface area (Å²) < 4.78 is 0. The summed E-state index contributed by atoms with van der Waals surface area (Å²) in [5.41, 5.74) is 3.33. The molecule has 1 nitrogen and oxygen atoms in total. The van der Waals surface area contributed by atoms with Gasteiger partial charge in [0.25, 0.3) is 0 Å². The van der Waals surface area contributed by atoms with E-state index in [0.29, 0.717) is 0 Å². The van der Waals surface area contributed by atoms with E-state index in [-0.39, 0.29) is 5.92 Å². The molecule has 0 radical (unpaired) electrons. The van der Waals surface area contributed by atoms with E-state index in [1.54, 1.807) is 6.08 Å². The first-order valence-electron chi connectivity index (χ1n) is 5.60. The first kappa shape index (κ1) is 12.7. The summed E-state index contributed by atoms with van der Waals surface area (Å²) in [6.07, 6.45) is 3.36. The summed E-state index contributed by atoms with van der Waals surface area (Å²) in [5, 5.41) is 9.98. The second-order valence-corrected chi connectivity index (χ2v) is 4.34. The number of aliphatic hydroxyl groups is 1. The molecule has 0 bridgehead atoms. The Morgan fingerprint density at radius 2 is 2.12 bits per heavy atom. The van der Waals surface area contributed by atoms with E-state index in [0.717, 1.165) is 11.1 Å². The minimum absolute atomic E-state index is 0.0843. The van der Waals surface area contributed by atoms with Crippen LogP contribution in [0, 0.1) is 12.8 Å². The molecule has 0 aliphatic rings. The molecule has 0 saturated carbocycles. The molecule has 2 atom stereocenters. The molecule has 1 rings (SSSR count). The van der Waals surface area contributed by atoms with Crippen molar-refractivity contribution in [2.24, 2.45) is 5.92 Å². The van der Waals surface area contributed by atoms with E-state index in [9.17, 15) is 5.11 Å². The van der Waals surface area contributed by atoms with Crippen LogP contribution in [-0.2, 0) is 0 Å². The monoisotopic (exact) mass is 216 g/mol. The molecule has 16 heavy (non-hydrogen) atoms. The van der Waals surface area contributed by atoms with Gasteiger partial charge in [-0.3, -0.25) is 0 Å². The highest BCUT2D eigenvalue weighted by Crippen LogP contribution is 2.17. The fourth-order valence-corrected chi connectivity index (χ4v) is 1.65. The van der Waals surface area contributed by atoms with Gasteiger partial charge in [-0.2, -0.15) is 0 Å². The molecule has 86 valence electrons. The third-order valence-electron chi connectivity index (χ3n) is 2.77. The lowest BCUT2D eigenvalue weighted by Gasteiger charge is -2.16. The highest BCUT2D eigenvalue weighted by molar-refractivity contribution is 5.54. The Bertz CT molecular complexity index is 390. The molecule has 0 aromatic heterocycles. The SMILES string of the molecule is C=C[C@@H](C)[C@H](O)/C(C)=C/c1cccc(C)c1. The van der Waals surface area contributed by atoms with Gasteiger partial charge in [0.15, 0.2) is 0 Å². The number of benzene rings is 1. The zero-order valence-electron chi connectivity index (χ0n) is 10.3. The van der Waals surface area contributed by atoms with Gasteiger partial charge in [-0.1, -0.05) is 48.9 Å². The smallest absolute Gasteiger partial charge is 0.0810 e. The van der Waals surface area contributed by atoms with Crippen molar-refractivity contribution in [3.05, 3.63) is 53.6 Å². The second kappa shape index (κ2) is 5.66. The van der Waals surface area contributed by atoms with Gasteiger partial charge in [-0.05, 0) is 25.0 Å². The van der Waals surface area contributed by atoms with Crippen molar-refractivity contribution in [2.75, 3.05) is 0 Å². The van der Waals surface area contributed by atoms with Crippen molar-refractivity contribution in [2.45, 2.75) is 26.9 Å². The van der Waals surface area contributed by atoms with Crippen LogP contribution >= 0.6 is 0 Å². The Kier molecular flexibility index (Phi) is 4.51. The van der Waals surface area contributed by atoms with Crippen molar-refractivity contribution in [3.63, 3.8) is 0 Å². The molecule has 0 aliphatic heterocycles. The van der Waals surface area contributed by atoms with Crippen LogP contribution in [0.1, 0.15) is 25.0 Å². The molecule has 0 heterocycles. The third kappa shape index (κ3) is 3.35. The molecular weight excluding hydrogens is 196 g/mol. The predicted octanol–water partition coefficient (Wildman–Crippen LogP) is 3.58. The molecular formula is C15H20O. The number of aryl methyl sites for hydroxylation is 1. The molecule has 0 spiro atoms. The van der Waals surface area contributed by atoms with Gasteiger partial charge >= 0.3 is 0 Å². The molecule has 0 saturated heterocycles. The lowest BCUT2D eigenvalue weighted by atomic mass is 9.96.